The number of carbonyl (C=O) groups excluding carboxylic acids is 1. The first-order valence-electron chi connectivity index (χ1n) is 22.4. The largest absolute Gasteiger partial charge is 0.455 e. The minimum Gasteiger partial charge on any atom is -0.455 e. The van der Waals surface area contributed by atoms with E-state index >= 15 is 0 Å². The number of hydrogen-bond donors (Lipinski definition) is 3. The Balaban J connectivity index is 0.000000300. The average Bonchev–Trinajstić information content (AvgIpc) is 3.69. The summed E-state index contributed by atoms with van der Waals surface area (Å²) in [5, 5.41) is 16.0. The molecule has 4 aromatic rings. The molecule has 2 aromatic heterocycles. The van der Waals surface area contributed by atoms with Crippen LogP contribution in [0.4, 0.5) is 17.1 Å². The lowest BCUT2D eigenvalue weighted by atomic mass is 9.39. The Kier molecular flexibility index (Phi) is 13.7. The van der Waals surface area contributed by atoms with Crippen LogP contribution in [0.2, 0.25) is 0 Å². The Morgan fingerprint density at radius 3 is 2.44 bits per heavy atom. The van der Waals surface area contributed by atoms with Crippen molar-refractivity contribution >= 4 is 55.3 Å². The molecule has 4 N–H and O–H groups in total. The third-order valence-electron chi connectivity index (χ3n) is 14.5. The number of benzene rings is 2. The molecule has 1 saturated heterocycles. The number of nitro benzene ring substituents is 1. The SMILES string of the molecule is C.CC1(C)CCC(CN)=C(C23CC(Cl)(C2)C3)C1.CCN(CC)c1ccc(C(=O)CS(=O)(=O)c2ccc(NCC3CC4(CCOCC4)C3)c([N+](=O)[O-])c2)c(Oc2cnc3[nH]ccc3c2)c1. The maximum atomic E-state index is 13.6. The molecule has 13 nitrogen and oxygen atoms in total. The minimum atomic E-state index is -4.25. The number of alkyl halides is 1. The van der Waals surface area contributed by atoms with Gasteiger partial charge in [-0.1, -0.05) is 32.4 Å². The number of nitrogens with two attached hydrogens (primary N) is 1. The highest BCUT2D eigenvalue weighted by atomic mass is 35.5. The van der Waals surface area contributed by atoms with Crippen LogP contribution in [0.1, 0.15) is 110 Å². The van der Waals surface area contributed by atoms with Gasteiger partial charge < -0.3 is 30.4 Å². The predicted molar refractivity (Wildman–Crippen MR) is 255 cm³/mol. The monoisotopic (exact) mass is 916 g/mol. The summed E-state index contributed by atoms with van der Waals surface area (Å²) in [4.78, 5) is 34.4. The van der Waals surface area contributed by atoms with Crippen LogP contribution in [0.5, 0.6) is 11.5 Å². The molecule has 0 unspecified atom stereocenters. The molecule has 64 heavy (non-hydrogen) atoms. The summed E-state index contributed by atoms with van der Waals surface area (Å²) in [6, 6.07) is 12.4. The number of aromatic amines is 1. The Labute approximate surface area is 383 Å². The number of carbonyl (C=O) groups is 1. The lowest BCUT2D eigenvalue weighted by Crippen LogP contribution is -2.65. The summed E-state index contributed by atoms with van der Waals surface area (Å²) in [7, 11) is -4.25. The van der Waals surface area contributed by atoms with E-state index in [0.717, 1.165) is 75.7 Å². The minimum absolute atomic E-state index is 0. The highest BCUT2D eigenvalue weighted by Gasteiger charge is 2.69. The van der Waals surface area contributed by atoms with E-state index in [1.54, 1.807) is 41.6 Å². The standard InChI is InChI=1S/C34H39N5O7S.C14H22ClN.CH4/c1-3-38(4-2)25-5-7-28(32(16-25)46-26-15-24-9-12-35-33(24)37-21-26)31(40)22-47(43,44)27-6-8-29(30(17-27)39(41)42)36-20-23-18-34(19-23)10-13-45-14-11-34;1-12(2)4-3-10(6-16)11(5-12)13-7-14(15,8-13)9-13;/h5-9,12,15-17,21,23,36H,3-4,10-11,13-14,18-20,22H2,1-2H3,(H,35,37);3-9,16H2,1-2H3;1H4. The Morgan fingerprint density at radius 2 is 1.78 bits per heavy atom. The normalized spacial score (nSPS) is 23.1. The highest BCUT2D eigenvalue weighted by Crippen LogP contribution is 2.75. The number of ether oxygens (including phenoxy) is 2. The average molecular weight is 918 g/mol. The van der Waals surface area contributed by atoms with Crippen molar-refractivity contribution in [3.8, 4) is 11.5 Å². The van der Waals surface area contributed by atoms with Gasteiger partial charge in [-0.05, 0) is 137 Å². The van der Waals surface area contributed by atoms with E-state index in [4.69, 9.17) is 26.8 Å². The summed E-state index contributed by atoms with van der Waals surface area (Å²) in [6.07, 6.45) is 14.9. The van der Waals surface area contributed by atoms with Gasteiger partial charge in [-0.25, -0.2) is 13.4 Å². The molecular formula is C49H65ClN6O7S. The van der Waals surface area contributed by atoms with Crippen LogP contribution >= 0.6 is 11.6 Å². The van der Waals surface area contributed by atoms with Gasteiger partial charge in [-0.3, -0.25) is 14.9 Å². The van der Waals surface area contributed by atoms with Crippen molar-refractivity contribution in [1.82, 2.24) is 9.97 Å². The van der Waals surface area contributed by atoms with Crippen LogP contribution in [0.25, 0.3) is 11.0 Å². The number of H-pyrrole nitrogens is 1. The summed E-state index contributed by atoms with van der Waals surface area (Å²) < 4.78 is 38.7. The van der Waals surface area contributed by atoms with Crippen LogP contribution in [0, 0.1) is 32.3 Å². The number of sulfone groups is 1. The van der Waals surface area contributed by atoms with E-state index in [9.17, 15) is 23.3 Å². The number of hydrogen-bond acceptors (Lipinski definition) is 11. The Bertz CT molecular complexity index is 2500. The van der Waals surface area contributed by atoms with Gasteiger partial charge in [0, 0.05) is 73.7 Å². The molecule has 0 amide bonds. The molecule has 0 atom stereocenters. The third-order valence-corrected chi connectivity index (χ3v) is 16.5. The number of aromatic nitrogens is 2. The zero-order valence-electron chi connectivity index (χ0n) is 36.9. The fraction of sp³-hybridized carbons (Fsp3) is 0.551. The van der Waals surface area contributed by atoms with Crippen molar-refractivity contribution in [1.29, 1.82) is 0 Å². The second kappa shape index (κ2) is 18.4. The van der Waals surface area contributed by atoms with Crippen molar-refractivity contribution in [2.24, 2.45) is 27.9 Å². The van der Waals surface area contributed by atoms with Gasteiger partial charge in [0.2, 0.25) is 0 Å². The van der Waals surface area contributed by atoms with Crippen molar-refractivity contribution in [2.45, 2.75) is 109 Å². The number of nitro groups is 1. The number of pyridine rings is 1. The van der Waals surface area contributed by atoms with Crippen molar-refractivity contribution in [3.63, 3.8) is 0 Å². The fourth-order valence-electron chi connectivity index (χ4n) is 10.9. The number of halogens is 1. The van der Waals surface area contributed by atoms with Crippen LogP contribution in [0.15, 0.2) is 77.0 Å². The third kappa shape index (κ3) is 9.71. The molecule has 15 heteroatoms. The molecule has 10 rings (SSSR count). The van der Waals surface area contributed by atoms with E-state index in [1.807, 2.05) is 19.9 Å². The van der Waals surface area contributed by atoms with Gasteiger partial charge in [0.25, 0.3) is 5.69 Å². The van der Waals surface area contributed by atoms with Crippen LogP contribution in [-0.2, 0) is 14.6 Å². The summed E-state index contributed by atoms with van der Waals surface area (Å²) in [6.45, 7) is 13.1. The molecule has 6 aliphatic rings. The number of rotatable bonds is 15. The number of nitrogens with one attached hydrogen (secondary N) is 2. The maximum Gasteiger partial charge on any atom is 0.293 e. The van der Waals surface area contributed by atoms with Crippen LogP contribution in [0.3, 0.4) is 0 Å². The van der Waals surface area contributed by atoms with Crippen LogP contribution in [-0.4, -0.2) is 79.1 Å². The smallest absolute Gasteiger partial charge is 0.293 e. The van der Waals surface area contributed by atoms with Gasteiger partial charge in [-0.15, -0.1) is 11.6 Å². The summed E-state index contributed by atoms with van der Waals surface area (Å²) >= 11 is 6.39. The molecule has 1 aliphatic heterocycles. The molecule has 2 bridgehead atoms. The second-order valence-electron chi connectivity index (χ2n) is 19.5. The van der Waals surface area contributed by atoms with E-state index in [1.165, 1.54) is 56.9 Å². The predicted octanol–water partition coefficient (Wildman–Crippen LogP) is 10.6. The van der Waals surface area contributed by atoms with Crippen molar-refractivity contribution in [2.75, 3.05) is 55.4 Å². The van der Waals surface area contributed by atoms with E-state index in [-0.39, 0.29) is 39.9 Å². The number of nitrogens with zero attached hydrogens (tertiary/aromatic N) is 3. The second-order valence-corrected chi connectivity index (χ2v) is 22.3. The fourth-order valence-corrected chi connectivity index (χ4v) is 12.9. The maximum absolute atomic E-state index is 13.6. The molecule has 4 saturated carbocycles. The van der Waals surface area contributed by atoms with Gasteiger partial charge in [0.05, 0.1) is 21.6 Å². The lowest BCUT2D eigenvalue weighted by molar-refractivity contribution is -0.384. The summed E-state index contributed by atoms with van der Waals surface area (Å²) in [5.74, 6) is -0.622. The van der Waals surface area contributed by atoms with Crippen LogP contribution < -0.4 is 20.7 Å². The molecular weight excluding hydrogens is 852 g/mol. The Hall–Kier alpha value is -4.50. The first-order valence-corrected chi connectivity index (χ1v) is 24.5. The van der Waals surface area contributed by atoms with E-state index < -0.39 is 26.3 Å². The topological polar surface area (TPSA) is 183 Å². The van der Waals surface area contributed by atoms with E-state index in [0.29, 0.717) is 40.1 Å². The molecule has 5 aliphatic carbocycles. The van der Waals surface area contributed by atoms with Gasteiger partial charge in [-0.2, -0.15) is 0 Å². The zero-order valence-corrected chi connectivity index (χ0v) is 38.5. The van der Waals surface area contributed by atoms with E-state index in [2.05, 4.69) is 34.0 Å². The molecule has 346 valence electrons. The number of anilines is 2. The van der Waals surface area contributed by atoms with Gasteiger partial charge in [0.1, 0.15) is 28.6 Å². The Morgan fingerprint density at radius 1 is 1.06 bits per heavy atom. The zero-order chi connectivity index (χ0) is 44.8. The van der Waals surface area contributed by atoms with Crippen molar-refractivity contribution in [3.05, 3.63) is 87.7 Å². The number of fused-ring (bicyclic) bond motifs is 1. The first kappa shape index (κ1) is 47.5. The highest BCUT2D eigenvalue weighted by molar-refractivity contribution is 7.92. The van der Waals surface area contributed by atoms with Crippen molar-refractivity contribution < 1.29 is 27.6 Å². The molecule has 5 fully saturated rings. The quantitative estimate of drug-likeness (QED) is 0.0339. The van der Waals surface area contributed by atoms with Gasteiger partial charge >= 0.3 is 0 Å². The first-order chi connectivity index (χ1) is 30.0. The molecule has 2 aromatic carbocycles. The van der Waals surface area contributed by atoms with Gasteiger partial charge in [0.15, 0.2) is 15.6 Å². The molecule has 3 heterocycles. The molecule has 0 radical (unpaired) electrons. The molecule has 1 spiro atoms. The lowest BCUT2D eigenvalue weighted by Gasteiger charge is -2.70. The number of allylic oxidation sites excluding steroid dienone is 1. The summed E-state index contributed by atoms with van der Waals surface area (Å²) in [5.41, 5.74) is 11.9. The number of Topliss-reactive ketones (excluding diaryl/α,β-unsaturated/α-hetero) is 1. The number of ketones is 1.